The highest BCUT2D eigenvalue weighted by Gasteiger charge is 2.06. The second-order valence-corrected chi connectivity index (χ2v) is 6.15. The third kappa shape index (κ3) is 5.23. The molecule has 0 saturated heterocycles. The largest absolute Gasteiger partial charge is 0.497 e. The van der Waals surface area contributed by atoms with Crippen molar-refractivity contribution in [1.29, 1.82) is 0 Å². The van der Waals surface area contributed by atoms with Gasteiger partial charge in [0.25, 0.3) is 5.91 Å². The van der Waals surface area contributed by atoms with Gasteiger partial charge in [-0.3, -0.25) is 4.79 Å². The van der Waals surface area contributed by atoms with Gasteiger partial charge in [0, 0.05) is 24.5 Å². The molecule has 0 radical (unpaired) electrons. The first-order valence-electron chi connectivity index (χ1n) is 8.96. The zero-order chi connectivity index (χ0) is 19.8. The van der Waals surface area contributed by atoms with E-state index >= 15 is 0 Å². The van der Waals surface area contributed by atoms with Gasteiger partial charge in [0.15, 0.2) is 0 Å². The molecular formula is C22H23N3O3. The number of hydrogen-bond donors (Lipinski definition) is 2. The predicted molar refractivity (Wildman–Crippen MR) is 110 cm³/mol. The number of amides is 1. The fraction of sp³-hybridized carbons (Fsp3) is 0.182. The first kappa shape index (κ1) is 19.2. The van der Waals surface area contributed by atoms with Gasteiger partial charge in [0.2, 0.25) is 0 Å². The topological polar surface area (TPSA) is 72.5 Å². The minimum Gasteiger partial charge on any atom is -0.497 e. The number of benzene rings is 2. The number of nitrogens with zero attached hydrogens (tertiary/aromatic N) is 1. The molecule has 0 aliphatic heterocycles. The molecule has 0 spiro atoms. The van der Waals surface area contributed by atoms with Crippen LogP contribution in [0, 0.1) is 0 Å². The van der Waals surface area contributed by atoms with E-state index in [2.05, 4.69) is 15.6 Å². The van der Waals surface area contributed by atoms with Crippen molar-refractivity contribution in [3.05, 3.63) is 78.0 Å². The van der Waals surface area contributed by atoms with Crippen LogP contribution >= 0.6 is 0 Å². The fourth-order valence-corrected chi connectivity index (χ4v) is 2.70. The SMILES string of the molecule is COc1cccc(CCNC(=O)c2ccc(Nc3cccc(OC)c3)nc2)c1. The number of anilines is 2. The van der Waals surface area contributed by atoms with E-state index in [0.717, 1.165) is 29.2 Å². The van der Waals surface area contributed by atoms with Crippen LogP contribution in [0.1, 0.15) is 15.9 Å². The molecule has 0 atom stereocenters. The molecule has 144 valence electrons. The van der Waals surface area contributed by atoms with Crippen molar-refractivity contribution in [2.75, 3.05) is 26.1 Å². The molecule has 0 fully saturated rings. The lowest BCUT2D eigenvalue weighted by molar-refractivity contribution is 0.0954. The van der Waals surface area contributed by atoms with Gasteiger partial charge in [-0.25, -0.2) is 4.98 Å². The van der Waals surface area contributed by atoms with Gasteiger partial charge in [-0.1, -0.05) is 18.2 Å². The molecule has 1 amide bonds. The monoisotopic (exact) mass is 377 g/mol. The normalized spacial score (nSPS) is 10.2. The lowest BCUT2D eigenvalue weighted by atomic mass is 10.1. The number of nitrogens with one attached hydrogen (secondary N) is 2. The van der Waals surface area contributed by atoms with Crippen molar-refractivity contribution in [3.8, 4) is 11.5 Å². The molecule has 2 aromatic carbocycles. The molecule has 2 N–H and O–H groups in total. The number of methoxy groups -OCH3 is 2. The highest BCUT2D eigenvalue weighted by Crippen LogP contribution is 2.20. The number of carbonyl (C=O) groups excluding carboxylic acids is 1. The summed E-state index contributed by atoms with van der Waals surface area (Å²) in [6.45, 7) is 0.538. The van der Waals surface area contributed by atoms with Gasteiger partial charge < -0.3 is 20.1 Å². The van der Waals surface area contributed by atoms with E-state index in [0.29, 0.717) is 17.9 Å². The van der Waals surface area contributed by atoms with Crippen molar-refractivity contribution in [1.82, 2.24) is 10.3 Å². The Labute approximate surface area is 164 Å². The zero-order valence-electron chi connectivity index (χ0n) is 15.9. The van der Waals surface area contributed by atoms with Crippen molar-refractivity contribution in [3.63, 3.8) is 0 Å². The summed E-state index contributed by atoms with van der Waals surface area (Å²) in [5, 5.41) is 6.10. The van der Waals surface area contributed by atoms with Gasteiger partial charge in [-0.05, 0) is 48.4 Å². The molecule has 3 rings (SSSR count). The van der Waals surface area contributed by atoms with Gasteiger partial charge in [-0.2, -0.15) is 0 Å². The van der Waals surface area contributed by atoms with Crippen molar-refractivity contribution >= 4 is 17.4 Å². The Morgan fingerprint density at radius 1 is 0.964 bits per heavy atom. The van der Waals surface area contributed by atoms with Crippen LogP contribution in [-0.2, 0) is 6.42 Å². The summed E-state index contributed by atoms with van der Waals surface area (Å²) < 4.78 is 10.4. The van der Waals surface area contributed by atoms with Crippen LogP contribution in [0.5, 0.6) is 11.5 Å². The van der Waals surface area contributed by atoms with E-state index in [4.69, 9.17) is 9.47 Å². The molecule has 0 saturated carbocycles. The lowest BCUT2D eigenvalue weighted by Crippen LogP contribution is -2.25. The van der Waals surface area contributed by atoms with Gasteiger partial charge >= 0.3 is 0 Å². The second-order valence-electron chi connectivity index (χ2n) is 6.15. The van der Waals surface area contributed by atoms with Gasteiger partial charge in [-0.15, -0.1) is 0 Å². The Kier molecular flexibility index (Phi) is 6.46. The smallest absolute Gasteiger partial charge is 0.252 e. The summed E-state index contributed by atoms with van der Waals surface area (Å²) in [6.07, 6.45) is 2.29. The summed E-state index contributed by atoms with van der Waals surface area (Å²) in [5.41, 5.74) is 2.49. The molecule has 0 aliphatic rings. The van der Waals surface area contributed by atoms with Crippen molar-refractivity contribution in [2.24, 2.45) is 0 Å². The maximum Gasteiger partial charge on any atom is 0.252 e. The highest BCUT2D eigenvalue weighted by molar-refractivity contribution is 5.94. The average Bonchev–Trinajstić information content (AvgIpc) is 2.74. The summed E-state index contributed by atoms with van der Waals surface area (Å²) in [5.74, 6) is 2.08. The van der Waals surface area contributed by atoms with Crippen molar-refractivity contribution < 1.29 is 14.3 Å². The molecule has 6 heteroatoms. The third-order valence-corrected chi connectivity index (χ3v) is 4.20. The number of aromatic nitrogens is 1. The van der Waals surface area contributed by atoms with Crippen LogP contribution in [0.4, 0.5) is 11.5 Å². The Morgan fingerprint density at radius 3 is 2.43 bits per heavy atom. The number of pyridine rings is 1. The van der Waals surface area contributed by atoms with E-state index in [1.165, 1.54) is 0 Å². The molecule has 3 aromatic rings. The van der Waals surface area contributed by atoms with Gasteiger partial charge in [0.1, 0.15) is 17.3 Å². The number of carbonyl (C=O) groups is 1. The first-order valence-corrected chi connectivity index (χ1v) is 8.96. The first-order chi connectivity index (χ1) is 13.7. The summed E-state index contributed by atoms with van der Waals surface area (Å²) in [4.78, 5) is 16.6. The van der Waals surface area contributed by atoms with Crippen LogP contribution in [0.3, 0.4) is 0 Å². The third-order valence-electron chi connectivity index (χ3n) is 4.20. The average molecular weight is 377 g/mol. The summed E-state index contributed by atoms with van der Waals surface area (Å²) in [6, 6.07) is 18.9. The quantitative estimate of drug-likeness (QED) is 0.624. The van der Waals surface area contributed by atoms with Crippen LogP contribution in [-0.4, -0.2) is 31.7 Å². The van der Waals surface area contributed by atoms with E-state index in [-0.39, 0.29) is 5.91 Å². The number of ether oxygens (including phenoxy) is 2. The molecule has 1 aromatic heterocycles. The molecule has 0 aliphatic carbocycles. The molecular weight excluding hydrogens is 354 g/mol. The van der Waals surface area contributed by atoms with Crippen LogP contribution in [0.15, 0.2) is 66.9 Å². The molecule has 0 unspecified atom stereocenters. The lowest BCUT2D eigenvalue weighted by Gasteiger charge is -2.09. The Morgan fingerprint density at radius 2 is 1.71 bits per heavy atom. The van der Waals surface area contributed by atoms with E-state index in [1.54, 1.807) is 32.5 Å². The maximum atomic E-state index is 12.3. The van der Waals surface area contributed by atoms with E-state index < -0.39 is 0 Å². The fourth-order valence-electron chi connectivity index (χ4n) is 2.70. The second kappa shape index (κ2) is 9.41. The van der Waals surface area contributed by atoms with Gasteiger partial charge in [0.05, 0.1) is 19.8 Å². The number of rotatable bonds is 8. The van der Waals surface area contributed by atoms with Crippen molar-refractivity contribution in [2.45, 2.75) is 6.42 Å². The Bertz CT molecular complexity index is 926. The van der Waals surface area contributed by atoms with Crippen LogP contribution < -0.4 is 20.1 Å². The van der Waals surface area contributed by atoms with Crippen LogP contribution in [0.25, 0.3) is 0 Å². The zero-order valence-corrected chi connectivity index (χ0v) is 15.9. The van der Waals surface area contributed by atoms with E-state index in [1.807, 2.05) is 48.5 Å². The minimum absolute atomic E-state index is 0.150. The molecule has 28 heavy (non-hydrogen) atoms. The standard InChI is InChI=1S/C22H23N3O3/c1-27-19-7-3-5-16(13-19)11-12-23-22(26)17-9-10-21(24-15-17)25-18-6-4-8-20(14-18)28-2/h3-10,13-15H,11-12H2,1-2H3,(H,23,26)(H,24,25). The van der Waals surface area contributed by atoms with E-state index in [9.17, 15) is 4.79 Å². The van der Waals surface area contributed by atoms with Crippen LogP contribution in [0.2, 0.25) is 0 Å². The Balaban J connectivity index is 1.53. The Hall–Kier alpha value is -3.54. The maximum absolute atomic E-state index is 12.3. The molecule has 1 heterocycles. The predicted octanol–water partition coefficient (Wildman–Crippen LogP) is 3.81. The number of hydrogen-bond acceptors (Lipinski definition) is 5. The minimum atomic E-state index is -0.150. The highest BCUT2D eigenvalue weighted by atomic mass is 16.5. The summed E-state index contributed by atoms with van der Waals surface area (Å²) >= 11 is 0. The molecule has 6 nitrogen and oxygen atoms in total. The molecule has 0 bridgehead atoms. The summed E-state index contributed by atoms with van der Waals surface area (Å²) in [7, 11) is 3.26.